The first-order chi connectivity index (χ1) is 20.7. The number of esters is 2. The number of aliphatic hydroxyl groups is 1. The smallest absolute Gasteiger partial charge is 0.337 e. The maximum absolute atomic E-state index is 12.4. The molecule has 228 valence electrons. The second kappa shape index (κ2) is 14.2. The molecule has 0 aliphatic carbocycles. The Balaban J connectivity index is 1.44. The van der Waals surface area contributed by atoms with Crippen molar-refractivity contribution in [2.24, 2.45) is 5.10 Å². The Bertz CT molecular complexity index is 1550. The molecule has 0 bridgehead atoms. The summed E-state index contributed by atoms with van der Waals surface area (Å²) in [5, 5.41) is 20.8. The number of carbonyl (C=O) groups excluding carboxylic acids is 3. The van der Waals surface area contributed by atoms with Gasteiger partial charge < -0.3 is 39.3 Å². The fourth-order valence-electron chi connectivity index (χ4n) is 4.67. The molecule has 4 N–H and O–H groups in total. The van der Waals surface area contributed by atoms with Crippen LogP contribution >= 0.6 is 0 Å². The molecule has 0 radical (unpaired) electrons. The number of nitrogens with zero attached hydrogens (tertiary/aromatic N) is 2. The van der Waals surface area contributed by atoms with Gasteiger partial charge in [-0.25, -0.2) is 9.59 Å². The van der Waals surface area contributed by atoms with E-state index in [4.69, 9.17) is 18.9 Å². The van der Waals surface area contributed by atoms with Gasteiger partial charge in [-0.1, -0.05) is 24.3 Å². The second-order valence-corrected chi connectivity index (χ2v) is 9.45. The van der Waals surface area contributed by atoms with E-state index in [0.29, 0.717) is 36.0 Å². The SMILES string of the molecule is CCOC(=O)Cn1cc(/C=N/N[C@H](O)COc2ccc([C@@H]3NC(=O)NC(C)=C3C(=O)OC)cc2OCC)c2ccccc21. The van der Waals surface area contributed by atoms with Gasteiger partial charge in [-0.05, 0) is 44.5 Å². The quantitative estimate of drug-likeness (QED) is 0.101. The van der Waals surface area contributed by atoms with Gasteiger partial charge in [0, 0.05) is 28.4 Å². The normalized spacial score (nSPS) is 15.6. The molecule has 2 atom stereocenters. The molecule has 1 aliphatic rings. The van der Waals surface area contributed by atoms with E-state index < -0.39 is 24.3 Å². The van der Waals surface area contributed by atoms with Gasteiger partial charge in [0.15, 0.2) is 17.7 Å². The lowest BCUT2D eigenvalue weighted by Gasteiger charge is -2.28. The molecule has 2 amide bonds. The Hall–Kier alpha value is -5.04. The van der Waals surface area contributed by atoms with Crippen molar-refractivity contribution < 1.29 is 38.4 Å². The number of hydrazone groups is 1. The molecule has 2 heterocycles. The maximum atomic E-state index is 12.4. The lowest BCUT2D eigenvalue weighted by molar-refractivity contribution is -0.143. The third kappa shape index (κ3) is 7.43. The fraction of sp³-hybridized carbons (Fsp3) is 0.333. The lowest BCUT2D eigenvalue weighted by Crippen LogP contribution is -2.45. The number of fused-ring (bicyclic) bond motifs is 1. The van der Waals surface area contributed by atoms with Crippen LogP contribution in [0.3, 0.4) is 0 Å². The number of ether oxygens (including phenoxy) is 4. The number of amides is 2. The third-order valence-electron chi connectivity index (χ3n) is 6.52. The van der Waals surface area contributed by atoms with E-state index in [1.807, 2.05) is 31.2 Å². The van der Waals surface area contributed by atoms with E-state index in [2.05, 4.69) is 21.2 Å². The van der Waals surface area contributed by atoms with Crippen LogP contribution in [-0.2, 0) is 25.6 Å². The molecule has 43 heavy (non-hydrogen) atoms. The van der Waals surface area contributed by atoms with Gasteiger partial charge in [-0.3, -0.25) is 10.2 Å². The number of benzene rings is 2. The first kappa shape index (κ1) is 30.9. The first-order valence-corrected chi connectivity index (χ1v) is 13.7. The Morgan fingerprint density at radius 2 is 1.93 bits per heavy atom. The fourth-order valence-corrected chi connectivity index (χ4v) is 4.67. The largest absolute Gasteiger partial charge is 0.490 e. The summed E-state index contributed by atoms with van der Waals surface area (Å²) in [6.45, 7) is 5.71. The van der Waals surface area contributed by atoms with E-state index in [9.17, 15) is 19.5 Å². The van der Waals surface area contributed by atoms with Crippen LogP contribution in [0.2, 0.25) is 0 Å². The Kier molecular flexibility index (Phi) is 10.2. The van der Waals surface area contributed by atoms with E-state index in [-0.39, 0.29) is 24.7 Å². The predicted molar refractivity (Wildman–Crippen MR) is 158 cm³/mol. The van der Waals surface area contributed by atoms with Crippen LogP contribution in [-0.4, -0.2) is 67.0 Å². The molecular formula is C30H35N5O8. The molecule has 1 aliphatic heterocycles. The van der Waals surface area contributed by atoms with Crippen LogP contribution in [0.15, 0.2) is 65.0 Å². The second-order valence-electron chi connectivity index (χ2n) is 9.45. The third-order valence-corrected chi connectivity index (χ3v) is 6.52. The molecule has 0 saturated heterocycles. The molecule has 0 spiro atoms. The zero-order valence-corrected chi connectivity index (χ0v) is 24.4. The summed E-state index contributed by atoms with van der Waals surface area (Å²) in [4.78, 5) is 36.6. The number of hydrogen-bond donors (Lipinski definition) is 4. The van der Waals surface area contributed by atoms with E-state index in [1.54, 1.807) is 49.0 Å². The van der Waals surface area contributed by atoms with Crippen molar-refractivity contribution in [2.75, 3.05) is 26.9 Å². The number of urea groups is 1. The Labute approximate surface area is 248 Å². The van der Waals surface area contributed by atoms with E-state index >= 15 is 0 Å². The molecule has 0 unspecified atom stereocenters. The number of nitrogens with one attached hydrogen (secondary N) is 3. The van der Waals surface area contributed by atoms with Gasteiger partial charge in [0.05, 0.1) is 38.2 Å². The summed E-state index contributed by atoms with van der Waals surface area (Å²) in [6, 6.07) is 11.3. The van der Waals surface area contributed by atoms with Gasteiger partial charge >= 0.3 is 18.0 Å². The topological polar surface area (TPSA) is 162 Å². The molecule has 4 rings (SSSR count). The van der Waals surface area contributed by atoms with Crippen LogP contribution in [0.4, 0.5) is 4.79 Å². The number of hydrogen-bond acceptors (Lipinski definition) is 10. The van der Waals surface area contributed by atoms with Crippen LogP contribution in [0.5, 0.6) is 11.5 Å². The average molecular weight is 594 g/mol. The number of methoxy groups -OCH3 is 1. The minimum atomic E-state index is -1.17. The van der Waals surface area contributed by atoms with Crippen molar-refractivity contribution >= 4 is 35.1 Å². The molecule has 3 aromatic rings. The molecular weight excluding hydrogens is 558 g/mol. The van der Waals surface area contributed by atoms with Gasteiger partial charge in [-0.2, -0.15) is 5.10 Å². The zero-order chi connectivity index (χ0) is 30.9. The summed E-state index contributed by atoms with van der Waals surface area (Å²) in [7, 11) is 1.27. The van der Waals surface area contributed by atoms with Crippen molar-refractivity contribution in [2.45, 2.75) is 39.6 Å². The van der Waals surface area contributed by atoms with Crippen molar-refractivity contribution in [1.29, 1.82) is 0 Å². The predicted octanol–water partition coefficient (Wildman–Crippen LogP) is 2.72. The van der Waals surface area contributed by atoms with E-state index in [0.717, 1.165) is 16.5 Å². The number of carbonyl (C=O) groups is 3. The summed E-state index contributed by atoms with van der Waals surface area (Å²) < 4.78 is 23.3. The van der Waals surface area contributed by atoms with Crippen molar-refractivity contribution in [1.82, 2.24) is 20.6 Å². The number of para-hydroxylation sites is 1. The Morgan fingerprint density at radius 3 is 2.67 bits per heavy atom. The summed E-state index contributed by atoms with van der Waals surface area (Å²) in [5.74, 6) is -0.211. The monoisotopic (exact) mass is 593 g/mol. The van der Waals surface area contributed by atoms with E-state index in [1.165, 1.54) is 7.11 Å². The van der Waals surface area contributed by atoms with Crippen molar-refractivity contribution in [3.63, 3.8) is 0 Å². The number of aliphatic hydroxyl groups excluding tert-OH is 1. The van der Waals surface area contributed by atoms with Crippen LogP contribution in [0, 0.1) is 0 Å². The van der Waals surface area contributed by atoms with Gasteiger partial charge in [0.1, 0.15) is 13.2 Å². The standard InChI is InChI=1S/C30H35N5O8/c1-5-41-24-13-19(28-27(29(38)40-4)18(3)32-30(39)33-28)11-12-23(24)43-17-25(36)34-31-14-20-15-35(16-26(37)42-6-2)22-10-8-7-9-21(20)22/h7-15,25,28,34,36H,5-6,16-17H2,1-4H3,(H2,32,33,39)/b31-14+/t25-,28+/m1/s1. The van der Waals surface area contributed by atoms with Crippen molar-refractivity contribution in [3.8, 4) is 11.5 Å². The summed E-state index contributed by atoms with van der Waals surface area (Å²) >= 11 is 0. The van der Waals surface area contributed by atoms with Crippen LogP contribution in [0.1, 0.15) is 37.9 Å². The van der Waals surface area contributed by atoms with Gasteiger partial charge in [0.2, 0.25) is 0 Å². The highest BCUT2D eigenvalue weighted by Crippen LogP contribution is 2.35. The molecule has 0 fully saturated rings. The van der Waals surface area contributed by atoms with Gasteiger partial charge in [0.25, 0.3) is 0 Å². The highest BCUT2D eigenvalue weighted by atomic mass is 16.5. The number of aromatic nitrogens is 1. The summed E-state index contributed by atoms with van der Waals surface area (Å²) in [5.41, 5.74) is 5.46. The zero-order valence-electron chi connectivity index (χ0n) is 24.4. The maximum Gasteiger partial charge on any atom is 0.337 e. The molecule has 1 aromatic heterocycles. The van der Waals surface area contributed by atoms with Crippen molar-refractivity contribution in [3.05, 3.63) is 71.1 Å². The molecule has 13 nitrogen and oxygen atoms in total. The minimum Gasteiger partial charge on any atom is -0.490 e. The minimum absolute atomic E-state index is 0.0664. The molecule has 2 aromatic carbocycles. The highest BCUT2D eigenvalue weighted by Gasteiger charge is 2.32. The summed E-state index contributed by atoms with van der Waals surface area (Å²) in [6.07, 6.45) is 2.17. The van der Waals surface area contributed by atoms with Crippen LogP contribution < -0.4 is 25.5 Å². The lowest BCUT2D eigenvalue weighted by atomic mass is 9.95. The Morgan fingerprint density at radius 1 is 1.14 bits per heavy atom. The molecule has 0 saturated carbocycles. The highest BCUT2D eigenvalue weighted by molar-refractivity contribution is 5.99. The number of allylic oxidation sites excluding steroid dienone is 1. The van der Waals surface area contributed by atoms with Crippen LogP contribution in [0.25, 0.3) is 10.9 Å². The molecule has 13 heteroatoms. The number of rotatable bonds is 13. The average Bonchev–Trinajstić information content (AvgIpc) is 3.32. The van der Waals surface area contributed by atoms with Gasteiger partial charge in [-0.15, -0.1) is 0 Å². The first-order valence-electron chi connectivity index (χ1n) is 13.7.